The molecule has 0 aromatic rings. The van der Waals surface area contributed by atoms with Gasteiger partial charge in [-0.1, -0.05) is 0 Å². The summed E-state index contributed by atoms with van der Waals surface area (Å²) < 4.78 is 0. The Balaban J connectivity index is 0.405. The van der Waals surface area contributed by atoms with E-state index in [2.05, 4.69) is 0 Å². The van der Waals surface area contributed by atoms with E-state index in [1.165, 1.54) is 331 Å². The largest absolute Gasteiger partial charge is 0.0461 e. The van der Waals surface area contributed by atoms with E-state index in [1.54, 1.807) is 25.7 Å². The highest BCUT2D eigenvalue weighted by molar-refractivity contribution is 5.91. The first kappa shape index (κ1) is 31.9. The molecule has 0 bridgehead atoms. The first-order valence-electron chi connectivity index (χ1n) is 43.3. The number of fused-ring (bicyclic) bond motifs is 52. The quantitative estimate of drug-likeness (QED) is 0.229. The van der Waals surface area contributed by atoms with Gasteiger partial charge in [-0.25, -0.2) is 0 Å². The van der Waals surface area contributed by atoms with Crippen molar-refractivity contribution >= 4 is 0 Å². The van der Waals surface area contributed by atoms with Gasteiger partial charge in [0.15, 0.2) is 0 Å². The van der Waals surface area contributed by atoms with Gasteiger partial charge in [-0.2, -0.15) is 0 Å². The highest BCUT2D eigenvalue weighted by atomic mass is 15.5. The molecule has 0 aliphatic heterocycles. The van der Waals surface area contributed by atoms with Crippen LogP contribution in [0.1, 0.15) is 25.7 Å². The number of hydrogen-bond donors (Lipinski definition) is 0. The Hall–Kier alpha value is 0. The van der Waals surface area contributed by atoms with Crippen molar-refractivity contribution in [2.45, 2.75) is 25.7 Å². The van der Waals surface area contributed by atoms with Crippen LogP contribution in [-0.4, -0.2) is 0 Å². The Kier molecular flexibility index (Phi) is 2.04. The van der Waals surface area contributed by atoms with E-state index < -0.39 is 0 Å². The Bertz CT molecular complexity index is 4990. The van der Waals surface area contributed by atoms with Crippen molar-refractivity contribution in [3.63, 3.8) is 0 Å². The third-order valence-corrected chi connectivity index (χ3v) is 70.4. The lowest BCUT2D eigenvalue weighted by Gasteiger charge is -3.42. The monoisotopic (exact) mass is 1110 g/mol. The van der Waals surface area contributed by atoms with Gasteiger partial charge in [-0.3, -0.25) is 0 Å². The van der Waals surface area contributed by atoms with Crippen molar-refractivity contribution in [2.24, 2.45) is 478 Å². The van der Waals surface area contributed by atoms with Gasteiger partial charge in [0, 0.05) is 0 Å². The first-order chi connectivity index (χ1) is 43.3. The van der Waals surface area contributed by atoms with Crippen LogP contribution in [0, 0.1) is 478 Å². The second kappa shape index (κ2) is 5.57. The van der Waals surface area contributed by atoms with Gasteiger partial charge >= 0.3 is 0 Å². The van der Waals surface area contributed by atoms with Gasteiger partial charge in [0.2, 0.25) is 0 Å². The molecule has 56 rings (SSSR count). The van der Waals surface area contributed by atoms with Crippen LogP contribution in [0.5, 0.6) is 0 Å². The van der Waals surface area contributed by atoms with Gasteiger partial charge in [-0.15, -0.1) is 0 Å². The van der Waals surface area contributed by atoms with E-state index in [-0.39, 0.29) is 0 Å². The third kappa shape index (κ3) is 0.963. The van der Waals surface area contributed by atoms with E-state index in [4.69, 9.17) is 0 Å². The van der Waals surface area contributed by atoms with Crippen LogP contribution in [0.2, 0.25) is 0 Å². The van der Waals surface area contributed by atoms with Gasteiger partial charge in [0.25, 0.3) is 0 Å². The summed E-state index contributed by atoms with van der Waals surface area (Å²) >= 11 is 0. The van der Waals surface area contributed by atoms with Crippen LogP contribution < -0.4 is 0 Å². The first-order valence-corrected chi connectivity index (χ1v) is 43.3. The molecule has 52 unspecified atom stereocenters. The Morgan fingerprint density at radius 3 is 0.299 bits per heavy atom. The highest BCUT2D eigenvalue weighted by Gasteiger charge is 3.46. The predicted molar refractivity (Wildman–Crippen MR) is 280 cm³/mol. The maximum Gasteiger partial charge on any atom is -0.00932 e. The highest BCUT2D eigenvalue weighted by Crippen LogP contribution is 3.47. The van der Waals surface area contributed by atoms with Crippen molar-refractivity contribution in [3.05, 3.63) is 0 Å². The fourth-order valence-corrected chi connectivity index (χ4v) is 84.3. The lowest BCUT2D eigenvalue weighted by molar-refractivity contribution is -0.968. The normalized spacial score (nSPS) is 130. The van der Waals surface area contributed by atoms with Crippen molar-refractivity contribution in [2.75, 3.05) is 0 Å². The molecule has 0 N–H and O–H groups in total. The molecule has 56 aliphatic carbocycles. The van der Waals surface area contributed by atoms with E-state index >= 15 is 0 Å². The molecular weight excluding hydrogens is 1040 g/mol. The molecular formula is C87H64. The van der Waals surface area contributed by atoms with E-state index in [9.17, 15) is 0 Å². The Morgan fingerprint density at radius 1 is 0.103 bits per heavy atom. The van der Waals surface area contributed by atoms with E-state index in [0.29, 0.717) is 0 Å². The molecule has 0 amide bonds. The third-order valence-electron chi connectivity index (χ3n) is 70.4. The molecule has 87 heavy (non-hydrogen) atoms. The van der Waals surface area contributed by atoms with Gasteiger partial charge in [-0.05, 0) is 503 Å². The van der Waals surface area contributed by atoms with Crippen LogP contribution in [0.3, 0.4) is 0 Å². The van der Waals surface area contributed by atoms with Crippen LogP contribution in [0.15, 0.2) is 0 Å². The smallest absolute Gasteiger partial charge is 0.00932 e. The molecule has 0 saturated heterocycles. The molecule has 56 fully saturated rings. The lowest BCUT2D eigenvalue weighted by atomic mass is 8.61. The van der Waals surface area contributed by atoms with Gasteiger partial charge in [0.1, 0.15) is 0 Å². The van der Waals surface area contributed by atoms with Crippen LogP contribution >= 0.6 is 0 Å². The molecule has 0 heterocycles. The molecule has 52 atom stereocenters. The summed E-state index contributed by atoms with van der Waals surface area (Å²) in [7, 11) is 0. The molecule has 56 aliphatic rings. The summed E-state index contributed by atoms with van der Waals surface area (Å²) in [5.41, 5.74) is 29.5. The van der Waals surface area contributed by atoms with Crippen molar-refractivity contribution < 1.29 is 0 Å². The molecule has 412 valence electrons. The number of rotatable bonds is 0. The Labute approximate surface area is 500 Å². The fraction of sp³-hybridized carbons (Fsp3) is 1.00. The zero-order valence-electron chi connectivity index (χ0n) is 48.7. The summed E-state index contributed by atoms with van der Waals surface area (Å²) in [6, 6.07) is 0. The summed E-state index contributed by atoms with van der Waals surface area (Å²) in [6.07, 6.45) is 7.10. The SMILES string of the molecule is C1C2CC3C4C5C6C7C8C9C%10C%11C%12C%13C%14C%15C%16C%17C%18C%19C%20C%21C%22C%23C%24C%25C%26C%27C%28C%29CC%30CC%31C%32C%33C%34C%35C%36C%37C%38C%39C%40C%41C%42C%43C%44C%45C%46C%47C%48C%49C%50C%51C%52C%53C%54C%55C%56C1C23C%564C%555C%546C%537C%528C%519C%50%10C%49%11C%48%12C%47%13C%46%14C%45%15C%44%16C%43%17C%42%18C%41%19C%40%20C%39%21C%38%22C%37%23C%36%24C%35%25C%34%26C%33%27C%32%28C%30%31%29. The minimum Gasteiger partial charge on any atom is -0.0461 e. The minimum absolute atomic E-state index is 1.07. The lowest BCUT2D eigenvalue weighted by Crippen LogP contribution is -3.40. The molecule has 0 radical (unpaired) electrons. The summed E-state index contributed by atoms with van der Waals surface area (Å²) in [6.45, 7) is 0. The van der Waals surface area contributed by atoms with Crippen molar-refractivity contribution in [3.8, 4) is 0 Å². The van der Waals surface area contributed by atoms with E-state index in [1.807, 2.05) is 0 Å². The fourth-order valence-electron chi connectivity index (χ4n) is 84.3. The standard InChI is InChI=1S/C87H64/c1-5-2-8-12-16-20-24-28-32-36-40-44-48-52-56-60-58-54-50-46-42-38-34-30-26-22-18-14-10-4-6-3-9-13-17-21-25-29-33-37-41-45-49-53-57-59-55-51-47-43-39-35-31-27-23-19-15-11-7(1)61(5,8)63(11,12)65(15,16)67(19,20)69(23,24)71(27,28)73(31,32)75(35,36)77(39,40)79(43,44)81(47,48)83(51,52)85(55,56)87(59,60)86(57,58)84(53,54)82(49,50)80(45,46)78(41,42)76(37,38)74(33,34)72(29,30)70(25,26)68(21,22)66(17,18)64(13,14)62(6,9)10/h5-60H,1-4H2. The van der Waals surface area contributed by atoms with Gasteiger partial charge in [0.05, 0.1) is 0 Å². The minimum atomic E-state index is 1.07. The van der Waals surface area contributed by atoms with E-state index in [0.717, 1.165) is 146 Å². The molecule has 0 heteroatoms. The maximum absolute atomic E-state index is 1.78. The second-order valence-corrected chi connectivity index (χ2v) is 54.6. The molecule has 27 spiro atoms. The van der Waals surface area contributed by atoms with Gasteiger partial charge < -0.3 is 0 Å². The van der Waals surface area contributed by atoms with Crippen LogP contribution in [-0.2, 0) is 0 Å². The summed E-state index contributed by atoms with van der Waals surface area (Å²) in [5.74, 6) is 77.8. The Morgan fingerprint density at radius 2 is 0.195 bits per heavy atom. The zero-order valence-corrected chi connectivity index (χ0v) is 48.7. The zero-order chi connectivity index (χ0) is 48.7. The molecule has 0 aromatic heterocycles. The second-order valence-electron chi connectivity index (χ2n) is 54.6. The summed E-state index contributed by atoms with van der Waals surface area (Å²) in [5, 5.41) is 0. The number of hydrogen-bond acceptors (Lipinski definition) is 0. The molecule has 0 nitrogen and oxygen atoms in total. The topological polar surface area (TPSA) is 0 Å². The van der Waals surface area contributed by atoms with Crippen LogP contribution in [0.4, 0.5) is 0 Å². The van der Waals surface area contributed by atoms with Crippen LogP contribution in [0.25, 0.3) is 0 Å². The molecule has 0 aromatic carbocycles. The average Bonchev–Trinajstić information content (AvgIpc) is 0.481. The van der Waals surface area contributed by atoms with Crippen molar-refractivity contribution in [1.82, 2.24) is 0 Å². The summed E-state index contributed by atoms with van der Waals surface area (Å²) in [4.78, 5) is 0. The molecule has 56 saturated carbocycles. The maximum atomic E-state index is 1.78. The predicted octanol–water partition coefficient (Wildman–Crippen LogP) is 8.45. The average molecular weight is 1110 g/mol. The van der Waals surface area contributed by atoms with Crippen molar-refractivity contribution in [1.29, 1.82) is 0 Å².